The minimum atomic E-state index is -0.504. The number of nitrogens with two attached hydrogens (primary N) is 2. The molecule has 0 spiro atoms. The molecule has 240 valence electrons. The van der Waals surface area contributed by atoms with Gasteiger partial charge in [0.15, 0.2) is 0 Å². The largest absolute Gasteiger partial charge is 0.494 e. The molecule has 0 aliphatic carbocycles. The molecule has 0 bridgehead atoms. The lowest BCUT2D eigenvalue weighted by Crippen LogP contribution is -2.08. The Labute approximate surface area is 265 Å². The van der Waals surface area contributed by atoms with Crippen LogP contribution in [0.2, 0.25) is 0 Å². The Morgan fingerprint density at radius 2 is 1.16 bits per heavy atom. The number of hydrogen-bond donors (Lipinski definition) is 2. The molecule has 0 saturated carbocycles. The molecule has 0 unspecified atom stereocenters. The zero-order chi connectivity index (χ0) is 32.3. The highest BCUT2D eigenvalue weighted by Crippen LogP contribution is 2.19. The third-order valence-corrected chi connectivity index (χ3v) is 6.84. The van der Waals surface area contributed by atoms with Gasteiger partial charge in [-0.25, -0.2) is 14.4 Å². The van der Waals surface area contributed by atoms with Crippen molar-refractivity contribution in [2.45, 2.75) is 64.7 Å². The van der Waals surface area contributed by atoms with Crippen LogP contribution in [0, 0.1) is 0 Å². The molecule has 3 aromatic carbocycles. The van der Waals surface area contributed by atoms with Gasteiger partial charge in [0, 0.05) is 17.5 Å². The van der Waals surface area contributed by atoms with Crippen molar-refractivity contribution >= 4 is 35.4 Å². The quantitative estimate of drug-likeness (QED) is 0.0463. The second-order valence-electron chi connectivity index (χ2n) is 10.7. The Balaban J connectivity index is 1.25. The first-order chi connectivity index (χ1) is 21.8. The van der Waals surface area contributed by atoms with Crippen LogP contribution in [0.1, 0.15) is 91.0 Å². The van der Waals surface area contributed by atoms with E-state index in [1.165, 1.54) is 18.9 Å². The first-order valence-electron chi connectivity index (χ1n) is 15.6. The summed E-state index contributed by atoms with van der Waals surface area (Å²) < 4.78 is 21.7. The molecule has 0 aromatic heterocycles. The molecule has 3 rings (SSSR count). The van der Waals surface area contributed by atoms with Crippen molar-refractivity contribution in [1.29, 1.82) is 0 Å². The molecule has 0 radical (unpaired) electrons. The third kappa shape index (κ3) is 13.6. The summed E-state index contributed by atoms with van der Waals surface area (Å²) in [6, 6.07) is 18.4. The number of unbranched alkanes of at least 4 members (excludes halogenated alkanes) is 7. The first-order valence-corrected chi connectivity index (χ1v) is 15.6. The summed E-state index contributed by atoms with van der Waals surface area (Å²) in [6.07, 6.45) is 11.7. The van der Waals surface area contributed by atoms with Crippen molar-refractivity contribution in [1.82, 2.24) is 0 Å². The van der Waals surface area contributed by atoms with Crippen LogP contribution in [0.4, 0.5) is 11.4 Å². The maximum Gasteiger partial charge on any atom is 0.338 e. The Hall–Kier alpha value is -4.79. The van der Waals surface area contributed by atoms with Gasteiger partial charge in [0.05, 0.1) is 30.9 Å². The molecule has 9 nitrogen and oxygen atoms in total. The van der Waals surface area contributed by atoms with Crippen molar-refractivity contribution < 1.29 is 33.3 Å². The van der Waals surface area contributed by atoms with Crippen molar-refractivity contribution in [3.8, 4) is 11.5 Å². The molecule has 0 aliphatic rings. The van der Waals surface area contributed by atoms with Crippen molar-refractivity contribution in [2.24, 2.45) is 0 Å². The van der Waals surface area contributed by atoms with Crippen molar-refractivity contribution in [3.63, 3.8) is 0 Å². The maximum absolute atomic E-state index is 12.4. The van der Waals surface area contributed by atoms with E-state index in [4.69, 9.17) is 30.4 Å². The molecule has 0 fully saturated rings. The lowest BCUT2D eigenvalue weighted by molar-refractivity contribution is -0.128. The molecule has 0 aliphatic heterocycles. The van der Waals surface area contributed by atoms with Crippen LogP contribution >= 0.6 is 0 Å². The summed E-state index contributed by atoms with van der Waals surface area (Å²) in [6.45, 7) is 3.49. The average Bonchev–Trinajstić information content (AvgIpc) is 3.03. The highest BCUT2D eigenvalue weighted by molar-refractivity contribution is 5.92. The topological polar surface area (TPSA) is 140 Å². The second kappa shape index (κ2) is 19.5. The van der Waals surface area contributed by atoms with E-state index in [1.54, 1.807) is 72.8 Å². The second-order valence-corrected chi connectivity index (χ2v) is 10.7. The Morgan fingerprint density at radius 3 is 1.78 bits per heavy atom. The highest BCUT2D eigenvalue weighted by Gasteiger charge is 2.09. The van der Waals surface area contributed by atoms with E-state index in [-0.39, 0.29) is 0 Å². The molecule has 9 heteroatoms. The number of ether oxygens (including phenoxy) is 4. The third-order valence-electron chi connectivity index (χ3n) is 6.84. The van der Waals surface area contributed by atoms with E-state index >= 15 is 0 Å². The van der Waals surface area contributed by atoms with Gasteiger partial charge in [-0.3, -0.25) is 0 Å². The fourth-order valence-electron chi connectivity index (χ4n) is 4.39. The van der Waals surface area contributed by atoms with E-state index < -0.39 is 17.9 Å². The van der Waals surface area contributed by atoms with Gasteiger partial charge in [-0.1, -0.05) is 57.6 Å². The predicted octanol–water partition coefficient (Wildman–Crippen LogP) is 7.39. The van der Waals surface area contributed by atoms with Gasteiger partial charge in [0.25, 0.3) is 0 Å². The summed E-state index contributed by atoms with van der Waals surface area (Å²) >= 11 is 0. The van der Waals surface area contributed by atoms with Crippen LogP contribution in [0.25, 0.3) is 6.08 Å². The van der Waals surface area contributed by atoms with Gasteiger partial charge in [0.2, 0.25) is 0 Å². The maximum atomic E-state index is 12.4. The molecule has 0 amide bonds. The number of rotatable bonds is 19. The van der Waals surface area contributed by atoms with Gasteiger partial charge >= 0.3 is 17.9 Å². The van der Waals surface area contributed by atoms with Gasteiger partial charge < -0.3 is 30.4 Å². The number of nitrogen functional groups attached to an aromatic ring is 2. The van der Waals surface area contributed by atoms with E-state index in [2.05, 4.69) is 6.92 Å². The van der Waals surface area contributed by atoms with E-state index in [0.29, 0.717) is 48.1 Å². The monoisotopic (exact) mass is 616 g/mol. The summed E-state index contributed by atoms with van der Waals surface area (Å²) in [5.41, 5.74) is 13.8. The summed E-state index contributed by atoms with van der Waals surface area (Å²) in [7, 11) is 0. The van der Waals surface area contributed by atoms with Gasteiger partial charge in [0.1, 0.15) is 11.5 Å². The number of carbonyl (C=O) groups excluding carboxylic acids is 3. The molecule has 4 N–H and O–H groups in total. The van der Waals surface area contributed by atoms with Crippen LogP contribution < -0.4 is 20.9 Å². The molecule has 0 heterocycles. The zero-order valence-electron chi connectivity index (χ0n) is 26.0. The SMILES string of the molecule is CCCCCCOc1ccc(OC(=O)/C=C/c2ccc(C(=O)OCCCCCCCOC(=O)c3cc(N)cc(N)c3)cc2)cc1. The fourth-order valence-corrected chi connectivity index (χ4v) is 4.39. The lowest BCUT2D eigenvalue weighted by Gasteiger charge is -2.07. The van der Waals surface area contributed by atoms with Gasteiger partial charge in [-0.15, -0.1) is 0 Å². The Morgan fingerprint density at radius 1 is 0.622 bits per heavy atom. The smallest absolute Gasteiger partial charge is 0.338 e. The van der Waals surface area contributed by atoms with Crippen LogP contribution in [0.5, 0.6) is 11.5 Å². The molecule has 0 atom stereocenters. The van der Waals surface area contributed by atoms with Crippen molar-refractivity contribution in [3.05, 3.63) is 89.5 Å². The minimum absolute atomic E-state index is 0.317. The normalized spacial score (nSPS) is 10.9. The summed E-state index contributed by atoms with van der Waals surface area (Å²) in [5.74, 6) is -0.161. The molecule has 0 saturated heterocycles. The van der Waals surface area contributed by atoms with Crippen LogP contribution in [-0.4, -0.2) is 37.7 Å². The van der Waals surface area contributed by atoms with Crippen LogP contribution in [0.3, 0.4) is 0 Å². The Bertz CT molecular complexity index is 1370. The number of anilines is 2. The summed E-state index contributed by atoms with van der Waals surface area (Å²) in [5, 5.41) is 0. The van der Waals surface area contributed by atoms with Gasteiger partial charge in [-0.05, 0) is 85.5 Å². The molecular weight excluding hydrogens is 572 g/mol. The van der Waals surface area contributed by atoms with Crippen molar-refractivity contribution in [2.75, 3.05) is 31.3 Å². The highest BCUT2D eigenvalue weighted by atomic mass is 16.5. The van der Waals surface area contributed by atoms with E-state index in [1.807, 2.05) is 0 Å². The summed E-state index contributed by atoms with van der Waals surface area (Å²) in [4.78, 5) is 36.7. The molecule has 45 heavy (non-hydrogen) atoms. The van der Waals surface area contributed by atoms with Crippen LogP contribution in [-0.2, 0) is 14.3 Å². The number of benzene rings is 3. The van der Waals surface area contributed by atoms with Crippen LogP contribution in [0.15, 0.2) is 72.8 Å². The minimum Gasteiger partial charge on any atom is -0.494 e. The number of hydrogen-bond acceptors (Lipinski definition) is 9. The molecular formula is C36H44N2O7. The lowest BCUT2D eigenvalue weighted by atomic mass is 10.1. The molecule has 3 aromatic rings. The van der Waals surface area contributed by atoms with E-state index in [9.17, 15) is 14.4 Å². The predicted molar refractivity (Wildman–Crippen MR) is 176 cm³/mol. The zero-order valence-corrected chi connectivity index (χ0v) is 26.0. The standard InChI is InChI=1S/C36H44N2O7/c1-2-3-4-8-21-42-32-16-18-33(19-17-32)45-34(39)20-13-27-11-14-28(15-12-27)35(40)43-22-9-6-5-7-10-23-44-36(41)29-24-30(37)26-31(38)25-29/h11-20,24-26H,2-10,21-23,37-38H2,1H3/b20-13+. The number of esters is 3. The van der Waals surface area contributed by atoms with E-state index in [0.717, 1.165) is 56.3 Å². The Kier molecular flexibility index (Phi) is 15.0. The number of carbonyl (C=O) groups is 3. The van der Waals surface area contributed by atoms with Gasteiger partial charge in [-0.2, -0.15) is 0 Å². The average molecular weight is 617 g/mol. The first kappa shape index (κ1) is 34.7. The fraction of sp³-hybridized carbons (Fsp3) is 0.361.